The van der Waals surface area contributed by atoms with Crippen molar-refractivity contribution < 1.29 is 0 Å². The topological polar surface area (TPSA) is 25.8 Å². The second kappa shape index (κ2) is 5.15. The summed E-state index contributed by atoms with van der Waals surface area (Å²) in [6.07, 6.45) is 3.67. The van der Waals surface area contributed by atoms with Crippen LogP contribution >= 0.6 is 27.7 Å². The van der Waals surface area contributed by atoms with Gasteiger partial charge in [0.1, 0.15) is 5.52 Å². The third kappa shape index (κ3) is 2.74. The molecule has 0 spiro atoms. The van der Waals surface area contributed by atoms with Crippen LogP contribution in [-0.4, -0.2) is 15.7 Å². The van der Waals surface area contributed by atoms with Crippen molar-refractivity contribution in [3.8, 4) is 0 Å². The molecule has 0 aliphatic carbocycles. The second-order valence-electron chi connectivity index (χ2n) is 4.04. The summed E-state index contributed by atoms with van der Waals surface area (Å²) in [5.74, 6) is 1.79. The first-order valence-electron chi connectivity index (χ1n) is 5.20. The first kappa shape index (κ1) is 11.9. The molecular weight excluding hydrogens is 284 g/mol. The lowest BCUT2D eigenvalue weighted by atomic mass is 10.3. The molecule has 4 heteroatoms. The van der Waals surface area contributed by atoms with Crippen LogP contribution in [0.3, 0.4) is 0 Å². The van der Waals surface area contributed by atoms with E-state index in [2.05, 4.69) is 39.7 Å². The third-order valence-electron chi connectivity index (χ3n) is 2.08. The van der Waals surface area contributed by atoms with Crippen LogP contribution in [0.25, 0.3) is 11.0 Å². The average molecular weight is 297 g/mol. The minimum absolute atomic E-state index is 0.684. The second-order valence-corrected chi connectivity index (χ2v) is 6.01. The molecule has 2 heterocycles. The normalized spacial score (nSPS) is 11.2. The lowest BCUT2D eigenvalue weighted by Crippen LogP contribution is -1.92. The van der Waals surface area contributed by atoms with Crippen LogP contribution in [0.5, 0.6) is 0 Å². The van der Waals surface area contributed by atoms with Crippen molar-refractivity contribution in [2.24, 2.45) is 5.92 Å². The van der Waals surface area contributed by atoms with Crippen LogP contribution in [0.15, 0.2) is 33.9 Å². The number of hydrogen-bond donors (Lipinski definition) is 0. The monoisotopic (exact) mass is 296 g/mol. The van der Waals surface area contributed by atoms with Gasteiger partial charge in [-0.05, 0) is 34.0 Å². The number of nitrogens with zero attached hydrogens (tertiary/aromatic N) is 2. The van der Waals surface area contributed by atoms with E-state index in [1.165, 1.54) is 4.90 Å². The molecule has 0 radical (unpaired) electrons. The summed E-state index contributed by atoms with van der Waals surface area (Å²) in [6.45, 7) is 4.45. The summed E-state index contributed by atoms with van der Waals surface area (Å²) < 4.78 is 0.971. The van der Waals surface area contributed by atoms with Gasteiger partial charge in [0.15, 0.2) is 0 Å². The third-order valence-corrected chi connectivity index (χ3v) is 3.99. The average Bonchev–Trinajstić information content (AvgIpc) is 2.25. The highest BCUT2D eigenvalue weighted by Crippen LogP contribution is 2.27. The molecule has 0 saturated carbocycles. The van der Waals surface area contributed by atoms with Crippen molar-refractivity contribution in [1.29, 1.82) is 0 Å². The fraction of sp³-hybridized carbons (Fsp3) is 0.333. The first-order chi connectivity index (χ1) is 7.66. The predicted octanol–water partition coefficient (Wildman–Crippen LogP) is 4.14. The number of aromatic nitrogens is 2. The van der Waals surface area contributed by atoms with Gasteiger partial charge in [0.2, 0.25) is 0 Å². The molecule has 0 aliphatic rings. The minimum atomic E-state index is 0.684. The summed E-state index contributed by atoms with van der Waals surface area (Å²) in [7, 11) is 0. The van der Waals surface area contributed by atoms with Crippen molar-refractivity contribution in [1.82, 2.24) is 9.97 Å². The van der Waals surface area contributed by atoms with E-state index >= 15 is 0 Å². The SMILES string of the molecule is CC(C)CSc1ccnc2cc(Br)cnc12. The lowest BCUT2D eigenvalue weighted by molar-refractivity contribution is 0.750. The van der Waals surface area contributed by atoms with E-state index in [0.29, 0.717) is 5.92 Å². The van der Waals surface area contributed by atoms with E-state index in [-0.39, 0.29) is 0 Å². The minimum Gasteiger partial charge on any atom is -0.254 e. The van der Waals surface area contributed by atoms with Crippen molar-refractivity contribution in [2.75, 3.05) is 5.75 Å². The molecule has 2 nitrogen and oxygen atoms in total. The van der Waals surface area contributed by atoms with Gasteiger partial charge in [-0.25, -0.2) is 0 Å². The van der Waals surface area contributed by atoms with Gasteiger partial charge in [0.05, 0.1) is 5.52 Å². The summed E-state index contributed by atoms with van der Waals surface area (Å²) in [5.41, 5.74) is 1.94. The molecule has 16 heavy (non-hydrogen) atoms. The van der Waals surface area contributed by atoms with Crippen LogP contribution in [0.2, 0.25) is 0 Å². The molecule has 0 bridgehead atoms. The van der Waals surface area contributed by atoms with Crippen LogP contribution in [0.4, 0.5) is 0 Å². The lowest BCUT2D eigenvalue weighted by Gasteiger charge is -2.06. The van der Waals surface area contributed by atoms with E-state index in [0.717, 1.165) is 21.3 Å². The Morgan fingerprint density at radius 3 is 2.94 bits per heavy atom. The highest BCUT2D eigenvalue weighted by atomic mass is 79.9. The fourth-order valence-corrected chi connectivity index (χ4v) is 2.64. The van der Waals surface area contributed by atoms with E-state index in [9.17, 15) is 0 Å². The van der Waals surface area contributed by atoms with Gasteiger partial charge in [-0.1, -0.05) is 13.8 Å². The van der Waals surface area contributed by atoms with Gasteiger partial charge in [0, 0.05) is 27.5 Å². The van der Waals surface area contributed by atoms with Crippen molar-refractivity contribution in [2.45, 2.75) is 18.7 Å². The van der Waals surface area contributed by atoms with Crippen molar-refractivity contribution in [3.63, 3.8) is 0 Å². The van der Waals surface area contributed by atoms with Gasteiger partial charge in [-0.2, -0.15) is 0 Å². The van der Waals surface area contributed by atoms with Gasteiger partial charge in [-0.3, -0.25) is 9.97 Å². The van der Waals surface area contributed by atoms with Crippen LogP contribution in [0, 0.1) is 5.92 Å². The van der Waals surface area contributed by atoms with Gasteiger partial charge < -0.3 is 0 Å². The zero-order valence-corrected chi connectivity index (χ0v) is 11.7. The summed E-state index contributed by atoms with van der Waals surface area (Å²) in [6, 6.07) is 4.04. The Balaban J connectivity index is 2.38. The summed E-state index contributed by atoms with van der Waals surface area (Å²) in [5, 5.41) is 0. The van der Waals surface area contributed by atoms with Crippen molar-refractivity contribution in [3.05, 3.63) is 29.0 Å². The standard InChI is InChI=1S/C12H13BrN2S/c1-8(2)7-16-11-3-4-14-10-5-9(13)6-15-12(10)11/h3-6,8H,7H2,1-2H3. The number of halogens is 1. The Labute approximate surface area is 108 Å². The first-order valence-corrected chi connectivity index (χ1v) is 6.97. The van der Waals surface area contributed by atoms with Crippen LogP contribution in [-0.2, 0) is 0 Å². The van der Waals surface area contributed by atoms with Gasteiger partial charge in [-0.15, -0.1) is 11.8 Å². The molecule has 0 atom stereocenters. The molecule has 0 N–H and O–H groups in total. The molecule has 0 aliphatic heterocycles. The maximum atomic E-state index is 4.43. The zero-order valence-electron chi connectivity index (χ0n) is 9.27. The summed E-state index contributed by atoms with van der Waals surface area (Å²) in [4.78, 5) is 9.97. The van der Waals surface area contributed by atoms with Crippen LogP contribution < -0.4 is 0 Å². The molecule has 0 amide bonds. The van der Waals surface area contributed by atoms with E-state index in [1.54, 1.807) is 0 Å². The maximum absolute atomic E-state index is 4.43. The number of rotatable bonds is 3. The molecule has 0 unspecified atom stereocenters. The molecule has 0 aromatic carbocycles. The number of hydrogen-bond acceptors (Lipinski definition) is 3. The molecule has 2 aromatic rings. The van der Waals surface area contributed by atoms with Gasteiger partial charge in [0.25, 0.3) is 0 Å². The van der Waals surface area contributed by atoms with Crippen LogP contribution in [0.1, 0.15) is 13.8 Å². The number of pyridine rings is 2. The maximum Gasteiger partial charge on any atom is 0.102 e. The molecule has 0 saturated heterocycles. The van der Waals surface area contributed by atoms with E-state index in [1.807, 2.05) is 36.3 Å². The highest BCUT2D eigenvalue weighted by molar-refractivity contribution is 9.10. The Hall–Kier alpha value is -0.610. The number of thioether (sulfide) groups is 1. The Morgan fingerprint density at radius 1 is 1.38 bits per heavy atom. The Bertz CT molecular complexity index is 499. The van der Waals surface area contributed by atoms with E-state index < -0.39 is 0 Å². The Kier molecular flexibility index (Phi) is 3.82. The van der Waals surface area contributed by atoms with Crippen molar-refractivity contribution >= 4 is 38.7 Å². The highest BCUT2D eigenvalue weighted by Gasteiger charge is 2.05. The molecule has 0 fully saturated rings. The smallest absolute Gasteiger partial charge is 0.102 e. The molecule has 84 valence electrons. The largest absolute Gasteiger partial charge is 0.254 e. The molecule has 2 rings (SSSR count). The fourth-order valence-electron chi connectivity index (χ4n) is 1.35. The molecule has 2 aromatic heterocycles. The molecular formula is C12H13BrN2S. The zero-order chi connectivity index (χ0) is 11.5. The quantitative estimate of drug-likeness (QED) is 0.796. The number of fused-ring (bicyclic) bond motifs is 1. The predicted molar refractivity (Wildman–Crippen MR) is 72.8 cm³/mol. The van der Waals surface area contributed by atoms with E-state index in [4.69, 9.17) is 0 Å². The summed E-state index contributed by atoms with van der Waals surface area (Å²) >= 11 is 5.26. The Morgan fingerprint density at radius 2 is 2.19 bits per heavy atom. The van der Waals surface area contributed by atoms with Gasteiger partial charge >= 0.3 is 0 Å².